The van der Waals surface area contributed by atoms with Crippen molar-refractivity contribution in [1.29, 1.82) is 0 Å². The highest BCUT2D eigenvalue weighted by Gasteiger charge is 2.45. The van der Waals surface area contributed by atoms with Crippen molar-refractivity contribution in [2.24, 2.45) is 11.5 Å². The summed E-state index contributed by atoms with van der Waals surface area (Å²) in [5, 5.41) is 16.5. The summed E-state index contributed by atoms with van der Waals surface area (Å²) < 4.78 is 0. The number of nitrogens with one attached hydrogen (secondary N) is 1. The highest BCUT2D eigenvalue weighted by atomic mass is 16.3. The maximum atomic E-state index is 13.1. The maximum Gasteiger partial charge on any atom is 0.200 e. The first-order valence-electron chi connectivity index (χ1n) is 11.8. The molecule has 2 heterocycles. The third kappa shape index (κ3) is 3.25. The number of carbonyl (C=O) groups excluding carboxylic acids is 1. The number of Topliss-reactive ketones (excluding diaryl/α,β-unsaturated/α-hetero) is 1. The molecule has 0 saturated heterocycles. The number of anilines is 1. The summed E-state index contributed by atoms with van der Waals surface area (Å²) in [4.78, 5) is 13.1. The van der Waals surface area contributed by atoms with E-state index in [1.165, 1.54) is 5.56 Å². The molecule has 0 radical (unpaired) electrons. The fraction of sp³-hybridized carbons (Fsp3) is 0.321. The smallest absolute Gasteiger partial charge is 0.200 e. The van der Waals surface area contributed by atoms with E-state index < -0.39 is 0 Å². The Hall–Kier alpha value is -3.19. The fourth-order valence-electron chi connectivity index (χ4n) is 5.33. The molecule has 1 aliphatic carbocycles. The Morgan fingerprint density at radius 2 is 1.68 bits per heavy atom. The molecule has 176 valence electrons. The van der Waals surface area contributed by atoms with Crippen molar-refractivity contribution in [2.45, 2.75) is 57.7 Å². The van der Waals surface area contributed by atoms with E-state index in [1.807, 2.05) is 24.3 Å². The van der Waals surface area contributed by atoms with E-state index in [9.17, 15) is 9.90 Å². The van der Waals surface area contributed by atoms with Gasteiger partial charge in [-0.25, -0.2) is 0 Å². The number of nitrogens with two attached hydrogens (primary N) is 3. The molecule has 2 aromatic rings. The number of hydrogen-bond donors (Lipinski definition) is 5. The van der Waals surface area contributed by atoms with Crippen LogP contribution in [0.3, 0.4) is 0 Å². The zero-order valence-corrected chi connectivity index (χ0v) is 20.2. The van der Waals surface area contributed by atoms with Gasteiger partial charge in [-0.3, -0.25) is 4.79 Å². The monoisotopic (exact) mass is 457 g/mol. The number of hydrogen-bond acceptors (Lipinski definition) is 5. The van der Waals surface area contributed by atoms with Crippen molar-refractivity contribution < 1.29 is 15.2 Å². The fourth-order valence-corrected chi connectivity index (χ4v) is 5.33. The molecular formula is C28H33N4O2+. The van der Waals surface area contributed by atoms with Crippen LogP contribution >= 0.6 is 0 Å². The lowest BCUT2D eigenvalue weighted by molar-refractivity contribution is -0.596. The molecular weight excluding hydrogens is 424 g/mol. The van der Waals surface area contributed by atoms with E-state index >= 15 is 0 Å². The quantitative estimate of drug-likeness (QED) is 0.357. The van der Waals surface area contributed by atoms with Crippen LogP contribution in [0.4, 0.5) is 11.4 Å². The standard InChI is InChI=1S/C28H32N4O2/c1-27(2)19-9-15(13-29)5-7-21(19)31-23(27)11-17-25(33)18(26(17)34)12-24-28(3,4)20-10-16(14-30)6-8-22(20)32-24/h5-12,23,31-33H,13-14,29-30H2,1-4H3/p+1. The van der Waals surface area contributed by atoms with Crippen LogP contribution in [0.15, 0.2) is 71.2 Å². The number of ketones is 1. The lowest BCUT2D eigenvalue weighted by Crippen LogP contribution is -2.84. The van der Waals surface area contributed by atoms with Crippen molar-refractivity contribution in [3.05, 3.63) is 93.4 Å². The average molecular weight is 458 g/mol. The van der Waals surface area contributed by atoms with Gasteiger partial charge >= 0.3 is 0 Å². The zero-order valence-electron chi connectivity index (χ0n) is 20.2. The normalized spacial score (nSPS) is 24.3. The molecule has 1 unspecified atom stereocenters. The van der Waals surface area contributed by atoms with E-state index in [0.717, 1.165) is 33.8 Å². The van der Waals surface area contributed by atoms with Crippen LogP contribution in [-0.2, 0) is 28.7 Å². The predicted molar refractivity (Wildman–Crippen MR) is 135 cm³/mol. The highest BCUT2D eigenvalue weighted by molar-refractivity contribution is 6.21. The lowest BCUT2D eigenvalue weighted by atomic mass is 9.76. The molecule has 0 bridgehead atoms. The van der Waals surface area contributed by atoms with E-state index in [4.69, 9.17) is 11.5 Å². The Labute approximate surface area is 200 Å². The Bertz CT molecular complexity index is 1310. The first-order valence-corrected chi connectivity index (χ1v) is 11.8. The van der Waals surface area contributed by atoms with E-state index in [0.29, 0.717) is 24.2 Å². The molecule has 34 heavy (non-hydrogen) atoms. The maximum absolute atomic E-state index is 13.1. The van der Waals surface area contributed by atoms with Gasteiger partial charge in [-0.15, -0.1) is 0 Å². The largest absolute Gasteiger partial charge is 0.506 e. The number of rotatable bonds is 4. The summed E-state index contributed by atoms with van der Waals surface area (Å²) in [5.74, 6) is -0.0551. The highest BCUT2D eigenvalue weighted by Crippen LogP contribution is 2.45. The molecule has 0 saturated carbocycles. The number of aliphatic hydroxyl groups is 1. The molecule has 6 nitrogen and oxygen atoms in total. The van der Waals surface area contributed by atoms with Gasteiger partial charge < -0.3 is 27.2 Å². The zero-order chi connectivity index (χ0) is 24.4. The van der Waals surface area contributed by atoms with Gasteiger partial charge in [-0.2, -0.15) is 0 Å². The van der Waals surface area contributed by atoms with Crippen LogP contribution < -0.4 is 22.1 Å². The SMILES string of the molecule is CC1(C)C(=CC2=C(O)C(=CC3[NH2+]c4ccc(CN)cc4C3(C)C)C2=O)Nc2ccc(CN)cc21. The van der Waals surface area contributed by atoms with Crippen LogP contribution in [0.25, 0.3) is 0 Å². The summed E-state index contributed by atoms with van der Waals surface area (Å²) >= 11 is 0. The average Bonchev–Trinajstić information content (AvgIpc) is 3.23. The third-order valence-electron chi connectivity index (χ3n) is 7.81. The minimum absolute atomic E-state index is 0.00538. The molecule has 2 aliphatic heterocycles. The van der Waals surface area contributed by atoms with Crippen LogP contribution in [0.5, 0.6) is 0 Å². The first-order chi connectivity index (χ1) is 16.1. The predicted octanol–water partition coefficient (Wildman–Crippen LogP) is 3.07. The van der Waals surface area contributed by atoms with Crippen molar-refractivity contribution in [3.63, 3.8) is 0 Å². The molecule has 5 rings (SSSR count). The number of fused-ring (bicyclic) bond motifs is 2. The molecule has 3 aliphatic rings. The molecule has 0 aromatic heterocycles. The van der Waals surface area contributed by atoms with Gasteiger partial charge in [0.1, 0.15) is 17.5 Å². The third-order valence-corrected chi connectivity index (χ3v) is 7.81. The first kappa shape index (κ1) is 22.6. The molecule has 2 aromatic carbocycles. The van der Waals surface area contributed by atoms with Crippen molar-refractivity contribution >= 4 is 17.2 Å². The lowest BCUT2D eigenvalue weighted by Gasteiger charge is -2.26. The van der Waals surface area contributed by atoms with Gasteiger partial charge in [0.15, 0.2) is 5.78 Å². The number of benzene rings is 2. The molecule has 0 amide bonds. The van der Waals surface area contributed by atoms with Gasteiger partial charge in [0.25, 0.3) is 0 Å². The summed E-state index contributed by atoms with van der Waals surface area (Å²) in [6, 6.07) is 12.4. The van der Waals surface area contributed by atoms with Gasteiger partial charge in [-0.1, -0.05) is 32.0 Å². The topological polar surface area (TPSA) is 118 Å². The second-order valence-electron chi connectivity index (χ2n) is 10.6. The minimum atomic E-state index is -0.322. The van der Waals surface area contributed by atoms with E-state index in [2.05, 4.69) is 56.5 Å². The van der Waals surface area contributed by atoms with Crippen LogP contribution in [-0.4, -0.2) is 16.9 Å². The Kier molecular flexibility index (Phi) is 5.09. The molecule has 6 heteroatoms. The van der Waals surface area contributed by atoms with Gasteiger partial charge in [-0.05, 0) is 60.9 Å². The summed E-state index contributed by atoms with van der Waals surface area (Å²) in [5.41, 5.74) is 19.5. The summed E-state index contributed by atoms with van der Waals surface area (Å²) in [6.45, 7) is 9.53. The number of carbonyl (C=O) groups is 1. The van der Waals surface area contributed by atoms with Crippen molar-refractivity contribution in [3.8, 4) is 0 Å². The van der Waals surface area contributed by atoms with Crippen LogP contribution in [0, 0.1) is 0 Å². The molecule has 0 fully saturated rings. The van der Waals surface area contributed by atoms with Gasteiger partial charge in [0.05, 0.1) is 16.6 Å². The number of quaternary nitrogens is 1. The summed E-state index contributed by atoms with van der Waals surface area (Å²) in [7, 11) is 0. The van der Waals surface area contributed by atoms with Crippen molar-refractivity contribution in [1.82, 2.24) is 0 Å². The van der Waals surface area contributed by atoms with E-state index in [1.54, 1.807) is 6.08 Å². The minimum Gasteiger partial charge on any atom is -0.506 e. The second kappa shape index (κ2) is 7.67. The van der Waals surface area contributed by atoms with Crippen LogP contribution in [0.1, 0.15) is 49.9 Å². The molecule has 8 N–H and O–H groups in total. The van der Waals surface area contributed by atoms with Gasteiger partial charge in [0.2, 0.25) is 0 Å². The Morgan fingerprint density at radius 1 is 1.03 bits per heavy atom. The number of aliphatic hydroxyl groups excluding tert-OH is 1. The van der Waals surface area contributed by atoms with Crippen LogP contribution in [0.2, 0.25) is 0 Å². The van der Waals surface area contributed by atoms with Crippen molar-refractivity contribution in [2.75, 3.05) is 5.32 Å². The van der Waals surface area contributed by atoms with Gasteiger partial charge in [0, 0.05) is 35.5 Å². The number of allylic oxidation sites excluding steroid dienone is 4. The molecule has 1 atom stereocenters. The second-order valence-corrected chi connectivity index (χ2v) is 10.6. The Morgan fingerprint density at radius 3 is 2.32 bits per heavy atom. The Balaban J connectivity index is 1.44. The summed E-state index contributed by atoms with van der Waals surface area (Å²) in [6.07, 6.45) is 3.71. The molecule has 0 spiro atoms. The van der Waals surface area contributed by atoms with E-state index in [-0.39, 0.29) is 28.4 Å².